The zero-order valence-corrected chi connectivity index (χ0v) is 54.1. The van der Waals surface area contributed by atoms with Crippen molar-refractivity contribution >= 4 is 77.3 Å². The number of carbonyl (C=O) groups is 7. The standard InChI is InChI=1S/C62H90N13O14P/c1-29-20-39-40(21-30(29)2)75(28-70-39)57-52(84)53(41(27-76)87-57)89-90(85,86)88-31(3)26-69-49(83)18-19-59(8)37(22-46(66)80)56-62(11)61(10,25-48(68)82)36(14-17-45(65)79)51(74-62)33(5)55-60(9,24-47(67)81)34(12-15-43(63)77)38(71-55)23-42-58(6,7)35(13-16-44(64)78)50(72-42)32(4)54(59)73-56/h20-21,23,28,31,34-37,41,52-53,56-57,71,76,84H,12-19,22,24-27H2,1-11H3,(H2,63,77)(H2,64,78)(H2,65,79)(H2,66,80)(H2,67,81)(H2,68,82)(H,69,83)(H,85,86)/b38-23?,50-32?,55-33-/t31?,34-,35-,36-,37+,41+,52?,53?,56?,57+,59-,60+,61+,62+/m1/s1. The Balaban J connectivity index is 1.19. The van der Waals surface area contributed by atoms with Gasteiger partial charge in [-0.15, -0.1) is 0 Å². The van der Waals surface area contributed by atoms with Crippen molar-refractivity contribution < 1.29 is 67.0 Å². The highest BCUT2D eigenvalue weighted by Crippen LogP contribution is 2.63. The van der Waals surface area contributed by atoms with Gasteiger partial charge in [0, 0.05) is 131 Å². The van der Waals surface area contributed by atoms with E-state index in [-0.39, 0.29) is 77.2 Å². The SMILES string of the molecule is CC1=C2N=C(C=C3N/C(=C(/C)C4=N[C@@](C)(C5N=C1[C@](C)(CCC(=O)NCC(C)OP(=O)(O)OC1C(O)[C@@H](n6cnc7cc(C)c(C)cc76)O[C@H]1CO)[C@H]5CC(N)=O)[C@@](C)(CC(N)=O)[C@@H]4CCC(N)=O)[C@@](C)(CC(N)=O)[C@@H]3CCC(N)=O)C(C)(C)[C@@H]2CCC(N)=O. The third kappa shape index (κ3) is 13.0. The highest BCUT2D eigenvalue weighted by molar-refractivity contribution is 7.47. The number of carbonyl (C=O) groups excluding carboxylic acids is 7. The van der Waals surface area contributed by atoms with Gasteiger partial charge in [0.05, 0.1) is 41.7 Å². The minimum Gasteiger partial charge on any atom is -0.394 e. The lowest BCUT2D eigenvalue weighted by Gasteiger charge is -2.48. The molecule has 0 radical (unpaired) electrons. The van der Waals surface area contributed by atoms with E-state index < -0.39 is 143 Å². The van der Waals surface area contributed by atoms with Crippen LogP contribution in [-0.2, 0) is 51.9 Å². The van der Waals surface area contributed by atoms with E-state index in [1.54, 1.807) is 4.57 Å². The number of aliphatic imine (C=N–C) groups is 3. The molecule has 8 rings (SSSR count). The summed E-state index contributed by atoms with van der Waals surface area (Å²) in [6.45, 7) is 19.3. The molecule has 2 saturated heterocycles. The molecule has 15 atom stereocenters. The number of imidazole rings is 1. The summed E-state index contributed by atoms with van der Waals surface area (Å²) in [6, 6.07) is 2.70. The van der Waals surface area contributed by atoms with Gasteiger partial charge < -0.3 is 69.4 Å². The number of phosphoric acid groups is 1. The van der Waals surface area contributed by atoms with Gasteiger partial charge in [-0.1, -0.05) is 34.6 Å². The molecule has 1 aromatic carbocycles. The second-order valence-corrected chi connectivity index (χ2v) is 28.4. The lowest BCUT2D eigenvalue weighted by Crippen LogP contribution is -2.56. The third-order valence-corrected chi connectivity index (χ3v) is 21.7. The van der Waals surface area contributed by atoms with Crippen LogP contribution in [0, 0.1) is 59.2 Å². The number of nitrogens with zero attached hydrogens (tertiary/aromatic N) is 5. The van der Waals surface area contributed by atoms with Crippen molar-refractivity contribution in [1.29, 1.82) is 0 Å². The fourth-order valence-electron chi connectivity index (χ4n) is 15.4. The first-order valence-corrected chi connectivity index (χ1v) is 32.1. The molecule has 90 heavy (non-hydrogen) atoms. The van der Waals surface area contributed by atoms with Gasteiger partial charge in [0.1, 0.15) is 18.3 Å². The summed E-state index contributed by atoms with van der Waals surface area (Å²) in [5, 5.41) is 28.2. The molecule has 2 aromatic rings. The van der Waals surface area contributed by atoms with Crippen LogP contribution in [0.4, 0.5) is 0 Å². The molecular formula is C62H90N13O14P. The van der Waals surface area contributed by atoms with E-state index in [0.717, 1.165) is 11.1 Å². The number of aryl methyl sites for hydroxylation is 2. The van der Waals surface area contributed by atoms with Gasteiger partial charge in [-0.25, -0.2) is 9.55 Å². The smallest absolute Gasteiger partial charge is 0.394 e. The van der Waals surface area contributed by atoms with Crippen molar-refractivity contribution in [3.05, 3.63) is 63.9 Å². The summed E-state index contributed by atoms with van der Waals surface area (Å²) in [6.07, 6.45) is -4.26. The number of rotatable bonds is 26. The number of aliphatic hydroxyl groups excluding tert-OH is 2. The van der Waals surface area contributed by atoms with Crippen molar-refractivity contribution in [3.8, 4) is 0 Å². The van der Waals surface area contributed by atoms with E-state index in [4.69, 9.17) is 63.2 Å². The number of hydrogen-bond acceptors (Lipinski definition) is 18. The predicted octanol–water partition coefficient (Wildman–Crippen LogP) is 3.16. The quantitative estimate of drug-likeness (QED) is 0.0603. The van der Waals surface area contributed by atoms with E-state index >= 15 is 0 Å². The molecule has 492 valence electrons. The summed E-state index contributed by atoms with van der Waals surface area (Å²) < 4.78 is 32.3. The minimum absolute atomic E-state index is 0.0114. The van der Waals surface area contributed by atoms with E-state index in [1.807, 2.05) is 87.4 Å². The first kappa shape index (κ1) is 68.9. The van der Waals surface area contributed by atoms with Gasteiger partial charge in [0.2, 0.25) is 41.4 Å². The number of fused-ring (bicyclic) bond motifs is 7. The second-order valence-electron chi connectivity index (χ2n) is 27.1. The van der Waals surface area contributed by atoms with Gasteiger partial charge >= 0.3 is 7.82 Å². The number of ether oxygens (including phenoxy) is 1. The highest BCUT2D eigenvalue weighted by atomic mass is 31.2. The van der Waals surface area contributed by atoms with Crippen molar-refractivity contribution in [2.75, 3.05) is 13.2 Å². The van der Waals surface area contributed by atoms with Gasteiger partial charge in [-0.05, 0) is 108 Å². The van der Waals surface area contributed by atoms with Gasteiger partial charge in [-0.3, -0.25) is 57.6 Å². The summed E-state index contributed by atoms with van der Waals surface area (Å²) >= 11 is 0. The average Bonchev–Trinajstić information content (AvgIpc) is 1.53. The van der Waals surface area contributed by atoms with Crippen LogP contribution in [0.1, 0.15) is 150 Å². The number of amides is 7. The normalized spacial score (nSPS) is 32.8. The number of hydrogen-bond donors (Lipinski definition) is 11. The van der Waals surface area contributed by atoms with Crippen molar-refractivity contribution in [3.63, 3.8) is 0 Å². The van der Waals surface area contributed by atoms with Crippen molar-refractivity contribution in [1.82, 2.24) is 20.2 Å². The molecule has 2 fully saturated rings. The molecular weight excluding hydrogens is 1180 g/mol. The molecule has 0 aliphatic carbocycles. The largest absolute Gasteiger partial charge is 0.472 e. The molecule has 7 amide bonds. The number of primary amides is 6. The summed E-state index contributed by atoms with van der Waals surface area (Å²) in [4.78, 5) is 126. The molecule has 27 nitrogen and oxygen atoms in total. The molecule has 6 aliphatic rings. The van der Waals surface area contributed by atoms with Crippen LogP contribution < -0.4 is 45.0 Å². The molecule has 17 N–H and O–H groups in total. The number of aromatic nitrogens is 2. The molecule has 0 saturated carbocycles. The fourth-order valence-corrected chi connectivity index (χ4v) is 16.6. The number of benzene rings is 1. The zero-order valence-electron chi connectivity index (χ0n) is 53.3. The topological polar surface area (TPSA) is 460 Å². The molecule has 0 spiro atoms. The Hall–Kier alpha value is -7.00. The average molecular weight is 1270 g/mol. The van der Waals surface area contributed by atoms with Crippen LogP contribution in [0.5, 0.6) is 0 Å². The monoisotopic (exact) mass is 1270 g/mol. The first-order valence-electron chi connectivity index (χ1n) is 30.6. The molecule has 1 aromatic heterocycles. The maximum absolute atomic E-state index is 14.4. The van der Waals surface area contributed by atoms with Crippen LogP contribution in [-0.4, -0.2) is 132 Å². The van der Waals surface area contributed by atoms with Crippen LogP contribution in [0.15, 0.2) is 67.8 Å². The predicted molar refractivity (Wildman–Crippen MR) is 334 cm³/mol. The van der Waals surface area contributed by atoms with Crippen molar-refractivity contribution in [2.24, 2.45) is 94.7 Å². The van der Waals surface area contributed by atoms with E-state index in [0.29, 0.717) is 56.4 Å². The Morgan fingerprint density at radius 3 is 1.99 bits per heavy atom. The van der Waals surface area contributed by atoms with Gasteiger partial charge in [0.15, 0.2) is 6.23 Å². The molecule has 5 unspecified atom stereocenters. The number of aliphatic hydroxyl groups is 2. The number of allylic oxidation sites excluding steroid dienone is 6. The summed E-state index contributed by atoms with van der Waals surface area (Å²) in [5.41, 5.74) is 37.4. The Labute approximate surface area is 523 Å². The highest BCUT2D eigenvalue weighted by Gasteiger charge is 2.66. The van der Waals surface area contributed by atoms with Crippen molar-refractivity contribution in [2.45, 2.75) is 189 Å². The van der Waals surface area contributed by atoms with Gasteiger partial charge in [0.25, 0.3) is 0 Å². The third-order valence-electron chi connectivity index (χ3n) is 20.6. The number of nitrogens with two attached hydrogens (primary N) is 6. The van der Waals surface area contributed by atoms with Crippen LogP contribution in [0.25, 0.3) is 11.0 Å². The lowest BCUT2D eigenvalue weighted by atomic mass is 9.55. The molecule has 8 bridgehead atoms. The van der Waals surface area contributed by atoms with E-state index in [9.17, 15) is 53.2 Å². The minimum atomic E-state index is -5.07. The lowest BCUT2D eigenvalue weighted by molar-refractivity contribution is -0.124. The fraction of sp³-hybridized carbons (Fsp3) is 0.629. The Morgan fingerprint density at radius 1 is 0.800 bits per heavy atom. The second kappa shape index (κ2) is 25.6. The number of phosphoric ester groups is 1. The zero-order chi connectivity index (χ0) is 66.7. The van der Waals surface area contributed by atoms with Gasteiger partial charge in [-0.2, -0.15) is 0 Å². The first-order chi connectivity index (χ1) is 41.8. The molecule has 6 aliphatic heterocycles. The van der Waals surface area contributed by atoms with Crippen LogP contribution >= 0.6 is 7.82 Å². The molecule has 28 heteroatoms. The van der Waals surface area contributed by atoms with E-state index in [1.165, 1.54) is 13.3 Å². The Kier molecular flexibility index (Phi) is 19.6. The Morgan fingerprint density at radius 2 is 1.40 bits per heavy atom. The summed E-state index contributed by atoms with van der Waals surface area (Å²) in [7, 11) is -5.07. The summed E-state index contributed by atoms with van der Waals surface area (Å²) in [5.74, 6) is -7.18. The number of nitrogens with one attached hydrogen (secondary N) is 2. The Bertz CT molecular complexity index is 3540. The maximum Gasteiger partial charge on any atom is 0.472 e. The van der Waals surface area contributed by atoms with Crippen LogP contribution in [0.2, 0.25) is 0 Å². The maximum atomic E-state index is 14.4. The van der Waals surface area contributed by atoms with Crippen LogP contribution in [0.3, 0.4) is 0 Å². The van der Waals surface area contributed by atoms with E-state index in [2.05, 4.69) is 15.6 Å². The molecule has 7 heterocycles.